The maximum Gasteiger partial charge on any atom is 0.416 e. The summed E-state index contributed by atoms with van der Waals surface area (Å²) in [6.07, 6.45) is -4.43. The highest BCUT2D eigenvalue weighted by atomic mass is 32.1. The molecule has 9 heteroatoms. The molecule has 0 aliphatic rings. The summed E-state index contributed by atoms with van der Waals surface area (Å²) in [6, 6.07) is 12.5. The van der Waals surface area contributed by atoms with E-state index in [1.165, 1.54) is 23.9 Å². The van der Waals surface area contributed by atoms with Gasteiger partial charge in [-0.05, 0) is 36.0 Å². The van der Waals surface area contributed by atoms with Crippen molar-refractivity contribution < 1.29 is 17.9 Å². The van der Waals surface area contributed by atoms with Gasteiger partial charge < -0.3 is 10.2 Å². The molecule has 0 saturated heterocycles. The first-order valence-corrected chi connectivity index (χ1v) is 8.02. The molecule has 5 nitrogen and oxygen atoms in total. The summed E-state index contributed by atoms with van der Waals surface area (Å²) in [4.78, 5) is 0. The minimum atomic E-state index is -4.43. The van der Waals surface area contributed by atoms with E-state index in [0.29, 0.717) is 17.1 Å². The Bertz CT molecular complexity index is 965. The van der Waals surface area contributed by atoms with Crippen LogP contribution in [-0.2, 0) is 12.7 Å². The summed E-state index contributed by atoms with van der Waals surface area (Å²) < 4.78 is 46.4. The van der Waals surface area contributed by atoms with Crippen molar-refractivity contribution >= 4 is 12.2 Å². The molecular formula is C17H15F3N4OS. The van der Waals surface area contributed by atoms with E-state index in [0.717, 1.165) is 6.07 Å². The molecule has 3 aromatic rings. The monoisotopic (exact) mass is 380 g/mol. The molecule has 0 amide bonds. The number of rotatable bonds is 5. The van der Waals surface area contributed by atoms with Crippen molar-refractivity contribution in [2.75, 3.05) is 12.5 Å². The Labute approximate surface area is 152 Å². The molecule has 1 aromatic heterocycles. The van der Waals surface area contributed by atoms with Crippen LogP contribution in [0.4, 0.5) is 13.2 Å². The summed E-state index contributed by atoms with van der Waals surface area (Å²) in [5.41, 5.74) is 2.97. The van der Waals surface area contributed by atoms with Crippen LogP contribution in [0.5, 0.6) is 5.75 Å². The second-order valence-electron chi connectivity index (χ2n) is 5.38. The second-order valence-corrected chi connectivity index (χ2v) is 5.76. The fraction of sp³-hybridized carbons (Fsp3) is 0.176. The number of alkyl halides is 3. The molecule has 2 aromatic carbocycles. The summed E-state index contributed by atoms with van der Waals surface area (Å²) in [7, 11) is 1.53. The summed E-state index contributed by atoms with van der Waals surface area (Å²) in [5, 5.41) is 6.80. The fourth-order valence-corrected chi connectivity index (χ4v) is 2.77. The molecule has 1 heterocycles. The Morgan fingerprint density at radius 2 is 1.85 bits per heavy atom. The number of aromatic nitrogens is 3. The molecule has 0 aliphatic carbocycles. The average Bonchev–Trinajstić information content (AvgIpc) is 2.99. The first-order valence-electron chi connectivity index (χ1n) is 7.61. The molecule has 0 atom stereocenters. The third kappa shape index (κ3) is 3.57. The van der Waals surface area contributed by atoms with E-state index >= 15 is 0 Å². The van der Waals surface area contributed by atoms with Crippen LogP contribution in [0.1, 0.15) is 11.1 Å². The van der Waals surface area contributed by atoms with E-state index in [9.17, 15) is 13.2 Å². The van der Waals surface area contributed by atoms with Crippen molar-refractivity contribution in [3.05, 3.63) is 64.4 Å². The third-order valence-corrected chi connectivity index (χ3v) is 4.04. The lowest BCUT2D eigenvalue weighted by Crippen LogP contribution is -2.19. The van der Waals surface area contributed by atoms with Crippen LogP contribution in [-0.4, -0.2) is 22.0 Å². The number of para-hydroxylation sites is 1. The molecule has 0 saturated carbocycles. The number of nitrogens with one attached hydrogen (secondary N) is 2. The van der Waals surface area contributed by atoms with Gasteiger partial charge in [0.05, 0.1) is 24.8 Å². The smallest absolute Gasteiger partial charge is 0.416 e. The molecule has 136 valence electrons. The molecule has 2 N–H and O–H groups in total. The normalized spacial score (nSPS) is 11.4. The summed E-state index contributed by atoms with van der Waals surface area (Å²) in [5.74, 6) is 0.984. The highest BCUT2D eigenvalue weighted by Gasteiger charge is 2.32. The van der Waals surface area contributed by atoms with Gasteiger partial charge in [0.15, 0.2) is 5.82 Å². The molecule has 26 heavy (non-hydrogen) atoms. The number of aromatic amines is 1. The first-order chi connectivity index (χ1) is 12.4. The topological polar surface area (TPSA) is 54.9 Å². The number of benzene rings is 2. The molecule has 0 bridgehead atoms. The van der Waals surface area contributed by atoms with Gasteiger partial charge in [0.25, 0.3) is 0 Å². The van der Waals surface area contributed by atoms with Crippen LogP contribution in [0.2, 0.25) is 0 Å². The number of methoxy groups -OCH3 is 1. The third-order valence-electron chi connectivity index (χ3n) is 3.77. The highest BCUT2D eigenvalue weighted by molar-refractivity contribution is 7.71. The fourth-order valence-electron chi connectivity index (χ4n) is 2.57. The molecule has 0 radical (unpaired) electrons. The zero-order valence-electron chi connectivity index (χ0n) is 13.7. The first kappa shape index (κ1) is 18.0. The average molecular weight is 380 g/mol. The van der Waals surface area contributed by atoms with Crippen molar-refractivity contribution in [3.8, 4) is 17.1 Å². The van der Waals surface area contributed by atoms with Crippen molar-refractivity contribution in [3.63, 3.8) is 0 Å². The maximum atomic E-state index is 13.1. The van der Waals surface area contributed by atoms with Gasteiger partial charge in [-0.1, -0.05) is 30.3 Å². The van der Waals surface area contributed by atoms with Gasteiger partial charge in [-0.25, -0.2) is 9.77 Å². The lowest BCUT2D eigenvalue weighted by molar-refractivity contribution is -0.138. The predicted molar refractivity (Wildman–Crippen MR) is 93.9 cm³/mol. The molecule has 0 fully saturated rings. The van der Waals surface area contributed by atoms with Crippen LogP contribution < -0.4 is 10.2 Å². The van der Waals surface area contributed by atoms with Gasteiger partial charge in [0.2, 0.25) is 4.77 Å². The minimum absolute atomic E-state index is 0.0777. The number of hydrogen-bond acceptors (Lipinski definition) is 4. The zero-order valence-corrected chi connectivity index (χ0v) is 14.5. The summed E-state index contributed by atoms with van der Waals surface area (Å²) >= 11 is 5.19. The van der Waals surface area contributed by atoms with Crippen LogP contribution in [0.25, 0.3) is 11.4 Å². The van der Waals surface area contributed by atoms with Crippen molar-refractivity contribution in [2.24, 2.45) is 0 Å². The Kier molecular flexibility index (Phi) is 4.99. The Hall–Kier alpha value is -2.81. The Morgan fingerprint density at radius 3 is 2.58 bits per heavy atom. The second kappa shape index (κ2) is 7.20. The van der Waals surface area contributed by atoms with E-state index in [2.05, 4.69) is 15.6 Å². The van der Waals surface area contributed by atoms with E-state index in [4.69, 9.17) is 17.0 Å². The quantitative estimate of drug-likeness (QED) is 0.645. The number of ether oxygens (including phenoxy) is 1. The van der Waals surface area contributed by atoms with Crippen LogP contribution in [0.15, 0.2) is 48.5 Å². The highest BCUT2D eigenvalue weighted by Crippen LogP contribution is 2.32. The zero-order chi connectivity index (χ0) is 18.7. The van der Waals surface area contributed by atoms with Gasteiger partial charge in [-0.2, -0.15) is 18.3 Å². The van der Waals surface area contributed by atoms with E-state index in [1.807, 2.05) is 0 Å². The van der Waals surface area contributed by atoms with Gasteiger partial charge in [-0.15, -0.1) is 0 Å². The van der Waals surface area contributed by atoms with E-state index in [-0.39, 0.29) is 16.9 Å². The van der Waals surface area contributed by atoms with E-state index in [1.54, 1.807) is 30.3 Å². The van der Waals surface area contributed by atoms with Crippen LogP contribution in [0.3, 0.4) is 0 Å². The van der Waals surface area contributed by atoms with Crippen molar-refractivity contribution in [2.45, 2.75) is 12.7 Å². The lowest BCUT2D eigenvalue weighted by atomic mass is 10.1. The Balaban J connectivity index is 1.94. The predicted octanol–water partition coefficient (Wildman–Crippen LogP) is 4.38. The summed E-state index contributed by atoms with van der Waals surface area (Å²) in [6.45, 7) is -0.0777. The molecule has 0 spiro atoms. The standard InChI is InChI=1S/C17H15F3N4OS/c1-25-14-9-5-3-7-12(14)15-22-23-16(26)24(15)21-10-11-6-2-4-8-13(11)17(18,19)20/h2-9,21H,10H2,1H3,(H,23,26). The molecule has 3 rings (SSSR count). The number of hydrogen-bond donors (Lipinski definition) is 2. The van der Waals surface area contributed by atoms with Crippen molar-refractivity contribution in [1.29, 1.82) is 0 Å². The van der Waals surface area contributed by atoms with Gasteiger partial charge in [-0.3, -0.25) is 0 Å². The van der Waals surface area contributed by atoms with Gasteiger partial charge in [0, 0.05) is 0 Å². The Morgan fingerprint density at radius 1 is 1.15 bits per heavy atom. The van der Waals surface area contributed by atoms with Crippen molar-refractivity contribution in [1.82, 2.24) is 14.9 Å². The van der Waals surface area contributed by atoms with E-state index < -0.39 is 11.7 Å². The number of nitrogens with zero attached hydrogens (tertiary/aromatic N) is 2. The largest absolute Gasteiger partial charge is 0.496 e. The molecule has 0 aliphatic heterocycles. The maximum absolute atomic E-state index is 13.1. The number of halogens is 3. The SMILES string of the molecule is COc1ccccc1-c1n[nH]c(=S)n1NCc1ccccc1C(F)(F)F. The van der Waals surface area contributed by atoms with Gasteiger partial charge in [0.1, 0.15) is 5.75 Å². The molecule has 0 unspecified atom stereocenters. The van der Waals surface area contributed by atoms with Crippen LogP contribution >= 0.6 is 12.2 Å². The number of H-pyrrole nitrogens is 1. The lowest BCUT2D eigenvalue weighted by Gasteiger charge is -2.15. The molecular weight excluding hydrogens is 365 g/mol. The van der Waals surface area contributed by atoms with Gasteiger partial charge >= 0.3 is 6.18 Å². The van der Waals surface area contributed by atoms with Crippen LogP contribution in [0, 0.1) is 4.77 Å². The minimum Gasteiger partial charge on any atom is -0.496 e.